The van der Waals surface area contributed by atoms with Crippen LogP contribution in [0.5, 0.6) is 5.88 Å². The number of piperidine rings is 1. The van der Waals surface area contributed by atoms with Crippen molar-refractivity contribution in [2.75, 3.05) is 35.9 Å². The fourth-order valence-electron chi connectivity index (χ4n) is 3.83. The maximum absolute atomic E-state index is 13.5. The summed E-state index contributed by atoms with van der Waals surface area (Å²) in [5.74, 6) is -0.0431. The smallest absolute Gasteiger partial charge is 0.304 e. The van der Waals surface area contributed by atoms with E-state index in [9.17, 15) is 18.3 Å². The number of rotatable bonds is 5. The van der Waals surface area contributed by atoms with Crippen molar-refractivity contribution in [2.45, 2.75) is 25.9 Å². The van der Waals surface area contributed by atoms with Gasteiger partial charge in [-0.3, -0.25) is 4.79 Å². The van der Waals surface area contributed by atoms with Gasteiger partial charge in [-0.25, -0.2) is 9.29 Å². The lowest BCUT2D eigenvalue weighted by Crippen LogP contribution is -2.52. The Bertz CT molecular complexity index is 1140. The number of pyridine rings is 1. The van der Waals surface area contributed by atoms with Crippen molar-refractivity contribution in [1.82, 2.24) is 9.29 Å². The third kappa shape index (κ3) is 4.90. The van der Waals surface area contributed by atoms with Gasteiger partial charge < -0.3 is 15.2 Å². The maximum atomic E-state index is 13.5. The summed E-state index contributed by atoms with van der Waals surface area (Å²) in [5.41, 5.74) is 0.525. The number of carbonyl (C=O) groups excluding carboxylic acids is 1. The molecule has 0 radical (unpaired) electrons. The summed E-state index contributed by atoms with van der Waals surface area (Å²) in [5, 5.41) is 12.7. The average molecular weight is 515 g/mol. The van der Waals surface area contributed by atoms with Crippen LogP contribution in [0, 0.1) is 5.92 Å². The second kappa shape index (κ2) is 9.63. The Morgan fingerprint density at radius 3 is 2.58 bits per heavy atom. The minimum absolute atomic E-state index is 0.0584. The molecule has 1 aromatic carbocycles. The fraction of sp³-hybridized carbons (Fsp3) is 0.429. The molecule has 9 nitrogen and oxygen atoms in total. The summed E-state index contributed by atoms with van der Waals surface area (Å²) in [7, 11) is -3.90. The Kier molecular flexibility index (Phi) is 7.01. The predicted octanol–water partition coefficient (Wildman–Crippen LogP) is 3.18. The van der Waals surface area contributed by atoms with Gasteiger partial charge in [-0.2, -0.15) is 12.7 Å². The summed E-state index contributed by atoms with van der Waals surface area (Å²) in [6, 6.07) is 6.19. The van der Waals surface area contributed by atoms with Gasteiger partial charge in [0.15, 0.2) is 0 Å². The van der Waals surface area contributed by atoms with Crippen molar-refractivity contribution >= 4 is 50.7 Å². The Balaban J connectivity index is 1.66. The highest BCUT2D eigenvalue weighted by molar-refractivity contribution is 7.90. The van der Waals surface area contributed by atoms with E-state index in [1.54, 1.807) is 18.2 Å². The lowest BCUT2D eigenvalue weighted by molar-refractivity contribution is 0.102. The topological polar surface area (TPSA) is 112 Å². The third-order valence-electron chi connectivity index (χ3n) is 5.75. The summed E-state index contributed by atoms with van der Waals surface area (Å²) >= 11 is 12.2. The summed E-state index contributed by atoms with van der Waals surface area (Å²) < 4.78 is 35.2. The van der Waals surface area contributed by atoms with Crippen LogP contribution >= 0.6 is 23.2 Å². The highest BCUT2D eigenvalue weighted by Gasteiger charge is 2.39. The number of amides is 1. The summed E-state index contributed by atoms with van der Waals surface area (Å²) in [6.07, 6.45) is 2.12. The van der Waals surface area contributed by atoms with Crippen LogP contribution in [-0.4, -0.2) is 61.1 Å². The summed E-state index contributed by atoms with van der Waals surface area (Å²) in [6.45, 7) is 2.48. The number of fused-ring (bicyclic) bond motifs is 1. The number of hydrogen-bond donors (Lipinski definition) is 2. The predicted molar refractivity (Wildman–Crippen MR) is 126 cm³/mol. The van der Waals surface area contributed by atoms with Gasteiger partial charge in [0.1, 0.15) is 11.8 Å². The first kappa shape index (κ1) is 24.0. The van der Waals surface area contributed by atoms with Gasteiger partial charge in [-0.1, -0.05) is 36.2 Å². The standard InChI is InChI=1S/C21H24Cl2N4O5S/c1-13-5-7-26(8-6-13)33(30,31)27-11-15(12-28)32-21-18(27)9-14(10-24-21)25-20(29)19-16(22)3-2-4-17(19)23/h2-4,9-10,13,15,28H,5-8,11-12H2,1H3,(H,25,29). The number of nitrogens with zero attached hydrogens (tertiary/aromatic N) is 3. The molecular weight excluding hydrogens is 491 g/mol. The maximum Gasteiger partial charge on any atom is 0.304 e. The third-order valence-corrected chi connectivity index (χ3v) is 8.30. The second-order valence-corrected chi connectivity index (χ2v) is 10.8. The number of anilines is 2. The fourth-order valence-corrected chi connectivity index (χ4v) is 6.09. The zero-order valence-corrected chi connectivity index (χ0v) is 20.2. The van der Waals surface area contributed by atoms with E-state index in [2.05, 4.69) is 17.2 Å². The van der Waals surface area contributed by atoms with Gasteiger partial charge in [-0.15, -0.1) is 0 Å². The Hall–Kier alpha value is -2.11. The molecule has 2 N–H and O–H groups in total. The molecule has 1 amide bonds. The molecule has 1 unspecified atom stereocenters. The summed E-state index contributed by atoms with van der Waals surface area (Å²) in [4.78, 5) is 17.0. The number of nitrogens with one attached hydrogen (secondary N) is 1. The van der Waals surface area contributed by atoms with Gasteiger partial charge in [0, 0.05) is 13.1 Å². The molecule has 2 aliphatic rings. The lowest BCUT2D eigenvalue weighted by atomic mass is 10.0. The van der Waals surface area contributed by atoms with E-state index >= 15 is 0 Å². The molecule has 1 aromatic heterocycles. The molecule has 4 rings (SSSR count). The SMILES string of the molecule is CC1CCN(S(=O)(=O)N2CC(CO)Oc3ncc(NC(=O)c4c(Cl)cccc4Cl)cc32)CC1. The van der Waals surface area contributed by atoms with E-state index in [0.717, 1.165) is 12.8 Å². The number of aliphatic hydroxyl groups is 1. The monoisotopic (exact) mass is 514 g/mol. The van der Waals surface area contributed by atoms with Crippen LogP contribution in [0.1, 0.15) is 30.1 Å². The van der Waals surface area contributed by atoms with Gasteiger partial charge in [0.2, 0.25) is 5.88 Å². The molecular formula is C21H24Cl2N4O5S. The molecule has 1 atom stereocenters. The molecule has 33 heavy (non-hydrogen) atoms. The first-order chi connectivity index (χ1) is 15.7. The van der Waals surface area contributed by atoms with Crippen LogP contribution in [0.25, 0.3) is 0 Å². The van der Waals surface area contributed by atoms with E-state index in [0.29, 0.717) is 19.0 Å². The van der Waals surface area contributed by atoms with Crippen LogP contribution < -0.4 is 14.4 Å². The zero-order chi connectivity index (χ0) is 23.8. The molecule has 2 aromatic rings. The number of ether oxygens (including phenoxy) is 1. The van der Waals surface area contributed by atoms with E-state index < -0.39 is 22.2 Å². The van der Waals surface area contributed by atoms with Gasteiger partial charge >= 0.3 is 10.2 Å². The highest BCUT2D eigenvalue weighted by atomic mass is 35.5. The number of halogens is 2. The van der Waals surface area contributed by atoms with Gasteiger partial charge in [0.05, 0.1) is 40.6 Å². The quantitative estimate of drug-likeness (QED) is 0.633. The number of aliphatic hydroxyl groups excluding tert-OH is 1. The molecule has 3 heterocycles. The molecule has 1 saturated heterocycles. The zero-order valence-electron chi connectivity index (χ0n) is 17.9. The van der Waals surface area contributed by atoms with Crippen LogP contribution in [0.2, 0.25) is 10.0 Å². The van der Waals surface area contributed by atoms with Crippen LogP contribution in [-0.2, 0) is 10.2 Å². The second-order valence-electron chi connectivity index (χ2n) is 8.14. The van der Waals surface area contributed by atoms with E-state index in [1.807, 2.05) is 0 Å². The molecule has 12 heteroatoms. The molecule has 178 valence electrons. The molecule has 0 spiro atoms. The van der Waals surface area contributed by atoms with Gasteiger partial charge in [0.25, 0.3) is 5.91 Å². The van der Waals surface area contributed by atoms with Crippen LogP contribution in [0.3, 0.4) is 0 Å². The number of benzene rings is 1. The Morgan fingerprint density at radius 1 is 1.27 bits per heavy atom. The molecule has 2 aliphatic heterocycles. The molecule has 1 fully saturated rings. The Morgan fingerprint density at radius 2 is 1.94 bits per heavy atom. The molecule has 0 bridgehead atoms. The van der Waals surface area contributed by atoms with Crippen molar-refractivity contribution in [3.63, 3.8) is 0 Å². The Labute approximate surface area is 202 Å². The van der Waals surface area contributed by atoms with E-state index in [4.69, 9.17) is 27.9 Å². The minimum Gasteiger partial charge on any atom is -0.468 e. The molecule has 0 saturated carbocycles. The normalized spacial score (nSPS) is 19.6. The number of carbonyl (C=O) groups is 1. The molecule has 0 aliphatic carbocycles. The number of aromatic nitrogens is 1. The first-order valence-electron chi connectivity index (χ1n) is 10.5. The largest absolute Gasteiger partial charge is 0.468 e. The van der Waals surface area contributed by atoms with Gasteiger partial charge in [-0.05, 0) is 37.0 Å². The highest BCUT2D eigenvalue weighted by Crippen LogP contribution is 2.37. The van der Waals surface area contributed by atoms with E-state index in [-0.39, 0.29) is 46.0 Å². The van der Waals surface area contributed by atoms with Crippen molar-refractivity contribution < 1.29 is 23.1 Å². The van der Waals surface area contributed by atoms with Crippen molar-refractivity contribution in [2.24, 2.45) is 5.92 Å². The van der Waals surface area contributed by atoms with Crippen molar-refractivity contribution in [3.8, 4) is 5.88 Å². The van der Waals surface area contributed by atoms with Crippen LogP contribution in [0.15, 0.2) is 30.5 Å². The van der Waals surface area contributed by atoms with Crippen LogP contribution in [0.4, 0.5) is 11.4 Å². The average Bonchev–Trinajstić information content (AvgIpc) is 2.78. The lowest BCUT2D eigenvalue weighted by Gasteiger charge is -2.39. The number of hydrogen-bond acceptors (Lipinski definition) is 6. The van der Waals surface area contributed by atoms with Crippen molar-refractivity contribution in [1.29, 1.82) is 0 Å². The minimum atomic E-state index is -3.90. The van der Waals surface area contributed by atoms with E-state index in [1.165, 1.54) is 20.9 Å². The first-order valence-corrected chi connectivity index (χ1v) is 12.7. The van der Waals surface area contributed by atoms with Crippen molar-refractivity contribution in [3.05, 3.63) is 46.1 Å².